The van der Waals surface area contributed by atoms with E-state index in [1.807, 2.05) is 0 Å². The molecule has 0 spiro atoms. The summed E-state index contributed by atoms with van der Waals surface area (Å²) in [5.74, 6) is 0. The van der Waals surface area contributed by atoms with Gasteiger partial charge in [0.05, 0.1) is 10.6 Å². The number of hydrogen-bond acceptors (Lipinski definition) is 1. The van der Waals surface area contributed by atoms with Crippen LogP contribution in [0.4, 0.5) is 13.2 Å². The minimum absolute atomic E-state index is 0.155. The van der Waals surface area contributed by atoms with Crippen molar-refractivity contribution in [2.75, 3.05) is 0 Å². The Balaban J connectivity index is 2.22. The van der Waals surface area contributed by atoms with Crippen molar-refractivity contribution in [1.82, 2.24) is 4.57 Å². The standard InChI is InChI=1S/C19H12Cl2F3NO/c1-25-9-15(11-3-2-4-12(7-11)19(22,23)24)18(26)16(10-25)14-6-5-13(20)8-17(14)21/h2-10H,1H3. The van der Waals surface area contributed by atoms with Crippen molar-refractivity contribution in [3.63, 3.8) is 0 Å². The number of hydrogen-bond donors (Lipinski definition) is 0. The van der Waals surface area contributed by atoms with Crippen LogP contribution < -0.4 is 5.43 Å². The highest BCUT2D eigenvalue weighted by Gasteiger charge is 2.30. The normalized spacial score (nSPS) is 11.6. The summed E-state index contributed by atoms with van der Waals surface area (Å²) in [6, 6.07) is 9.39. The molecule has 1 aromatic heterocycles. The van der Waals surface area contributed by atoms with Gasteiger partial charge in [-0.3, -0.25) is 4.79 Å². The number of alkyl halides is 3. The zero-order valence-electron chi connectivity index (χ0n) is 13.4. The van der Waals surface area contributed by atoms with Gasteiger partial charge in [0.25, 0.3) is 0 Å². The zero-order valence-corrected chi connectivity index (χ0v) is 15.0. The average molecular weight is 398 g/mol. The topological polar surface area (TPSA) is 22.0 Å². The molecule has 0 bridgehead atoms. The number of aromatic nitrogens is 1. The highest BCUT2D eigenvalue weighted by molar-refractivity contribution is 6.36. The van der Waals surface area contributed by atoms with Crippen molar-refractivity contribution in [2.45, 2.75) is 6.18 Å². The first-order valence-corrected chi connectivity index (χ1v) is 8.26. The molecule has 0 unspecified atom stereocenters. The maximum absolute atomic E-state index is 13.0. The molecular weight excluding hydrogens is 386 g/mol. The first-order chi connectivity index (χ1) is 12.2. The lowest BCUT2D eigenvalue weighted by Gasteiger charge is -2.12. The van der Waals surface area contributed by atoms with E-state index in [1.54, 1.807) is 29.9 Å². The number of rotatable bonds is 2. The first-order valence-electron chi connectivity index (χ1n) is 7.50. The van der Waals surface area contributed by atoms with E-state index in [9.17, 15) is 18.0 Å². The third kappa shape index (κ3) is 3.64. The summed E-state index contributed by atoms with van der Waals surface area (Å²) >= 11 is 12.1. The van der Waals surface area contributed by atoms with Gasteiger partial charge >= 0.3 is 6.18 Å². The fourth-order valence-corrected chi connectivity index (χ4v) is 3.19. The highest BCUT2D eigenvalue weighted by Crippen LogP contribution is 2.33. The second-order valence-corrected chi connectivity index (χ2v) is 6.63. The van der Waals surface area contributed by atoms with Crippen LogP contribution >= 0.6 is 23.2 Å². The number of aryl methyl sites for hydroxylation is 1. The summed E-state index contributed by atoms with van der Waals surface area (Å²) in [5.41, 5.74) is -0.136. The van der Waals surface area contributed by atoms with E-state index >= 15 is 0 Å². The number of halogens is 5. The summed E-state index contributed by atoms with van der Waals surface area (Å²) < 4.78 is 40.6. The van der Waals surface area contributed by atoms with E-state index < -0.39 is 17.2 Å². The van der Waals surface area contributed by atoms with Gasteiger partial charge in [-0.2, -0.15) is 13.2 Å². The Morgan fingerprint density at radius 3 is 2.27 bits per heavy atom. The molecule has 0 fully saturated rings. The summed E-state index contributed by atoms with van der Waals surface area (Å²) in [6.07, 6.45) is -1.42. The van der Waals surface area contributed by atoms with E-state index in [-0.39, 0.29) is 21.7 Å². The third-order valence-electron chi connectivity index (χ3n) is 3.88. The maximum atomic E-state index is 13.0. The Hall–Kier alpha value is -2.24. The van der Waals surface area contributed by atoms with Crippen LogP contribution in [0.5, 0.6) is 0 Å². The molecule has 3 rings (SSSR count). The molecule has 134 valence electrons. The molecule has 0 aliphatic rings. The molecule has 0 saturated heterocycles. The number of benzene rings is 2. The minimum Gasteiger partial charge on any atom is -0.356 e. The van der Waals surface area contributed by atoms with E-state index in [0.717, 1.165) is 12.1 Å². The minimum atomic E-state index is -4.49. The van der Waals surface area contributed by atoms with Crippen LogP contribution in [0.2, 0.25) is 10.0 Å². The van der Waals surface area contributed by atoms with Gasteiger partial charge in [0.2, 0.25) is 0 Å². The van der Waals surface area contributed by atoms with Crippen LogP contribution in [0.1, 0.15) is 5.56 Å². The molecule has 0 saturated carbocycles. The fourth-order valence-electron chi connectivity index (χ4n) is 2.68. The molecule has 0 amide bonds. The molecule has 0 radical (unpaired) electrons. The SMILES string of the molecule is Cn1cc(-c2cccc(C(F)(F)F)c2)c(=O)c(-c2ccc(Cl)cc2Cl)c1. The van der Waals surface area contributed by atoms with Crippen LogP contribution in [-0.4, -0.2) is 4.57 Å². The zero-order chi connectivity index (χ0) is 19.1. The van der Waals surface area contributed by atoms with E-state index in [1.165, 1.54) is 24.4 Å². The van der Waals surface area contributed by atoms with Gasteiger partial charge in [0, 0.05) is 41.2 Å². The largest absolute Gasteiger partial charge is 0.416 e. The van der Waals surface area contributed by atoms with Gasteiger partial charge in [-0.25, -0.2) is 0 Å². The van der Waals surface area contributed by atoms with Crippen molar-refractivity contribution in [1.29, 1.82) is 0 Å². The van der Waals surface area contributed by atoms with Gasteiger partial charge in [0.1, 0.15) is 0 Å². The second kappa shape index (κ2) is 6.82. The lowest BCUT2D eigenvalue weighted by atomic mass is 9.99. The molecule has 0 atom stereocenters. The molecule has 26 heavy (non-hydrogen) atoms. The number of pyridine rings is 1. The van der Waals surface area contributed by atoms with Crippen molar-refractivity contribution >= 4 is 23.2 Å². The predicted molar refractivity (Wildman–Crippen MR) is 97.6 cm³/mol. The van der Waals surface area contributed by atoms with Crippen LogP contribution in [0, 0.1) is 0 Å². The van der Waals surface area contributed by atoms with Crippen molar-refractivity contribution < 1.29 is 13.2 Å². The molecule has 2 nitrogen and oxygen atoms in total. The Labute approximate surface area is 157 Å². The summed E-state index contributed by atoms with van der Waals surface area (Å²) in [4.78, 5) is 12.9. The Morgan fingerprint density at radius 2 is 1.62 bits per heavy atom. The lowest BCUT2D eigenvalue weighted by molar-refractivity contribution is -0.137. The fraction of sp³-hybridized carbons (Fsp3) is 0.105. The van der Waals surface area contributed by atoms with E-state index in [2.05, 4.69) is 0 Å². The molecule has 0 aliphatic heterocycles. The summed E-state index contributed by atoms with van der Waals surface area (Å²) in [5, 5.41) is 0.709. The van der Waals surface area contributed by atoms with Crippen LogP contribution in [0.25, 0.3) is 22.3 Å². The van der Waals surface area contributed by atoms with Crippen LogP contribution in [-0.2, 0) is 13.2 Å². The molecule has 0 aliphatic carbocycles. The molecule has 1 heterocycles. The van der Waals surface area contributed by atoms with E-state index in [4.69, 9.17) is 23.2 Å². The van der Waals surface area contributed by atoms with Gasteiger partial charge in [0.15, 0.2) is 5.43 Å². The predicted octanol–water partition coefficient (Wildman–Crippen LogP) is 6.04. The van der Waals surface area contributed by atoms with Crippen molar-refractivity contribution in [3.8, 4) is 22.3 Å². The summed E-state index contributed by atoms with van der Waals surface area (Å²) in [6.45, 7) is 0. The lowest BCUT2D eigenvalue weighted by Crippen LogP contribution is -2.12. The van der Waals surface area contributed by atoms with Crippen molar-refractivity contribution in [2.24, 2.45) is 7.05 Å². The smallest absolute Gasteiger partial charge is 0.356 e. The first kappa shape index (κ1) is 18.5. The quantitative estimate of drug-likeness (QED) is 0.516. The number of nitrogens with zero attached hydrogens (tertiary/aromatic N) is 1. The Kier molecular flexibility index (Phi) is 4.86. The van der Waals surface area contributed by atoms with Crippen LogP contribution in [0.3, 0.4) is 0 Å². The van der Waals surface area contributed by atoms with Crippen molar-refractivity contribution in [3.05, 3.63) is 80.7 Å². The Morgan fingerprint density at radius 1 is 0.923 bits per heavy atom. The average Bonchev–Trinajstić information content (AvgIpc) is 2.56. The monoisotopic (exact) mass is 397 g/mol. The highest BCUT2D eigenvalue weighted by atomic mass is 35.5. The Bertz CT molecular complexity index is 1040. The van der Waals surface area contributed by atoms with Crippen LogP contribution in [0.15, 0.2) is 59.7 Å². The summed E-state index contributed by atoms with van der Waals surface area (Å²) in [7, 11) is 1.68. The van der Waals surface area contributed by atoms with Gasteiger partial charge in [-0.15, -0.1) is 0 Å². The molecular formula is C19H12Cl2F3NO. The third-order valence-corrected chi connectivity index (χ3v) is 4.42. The molecule has 3 aromatic rings. The second-order valence-electron chi connectivity index (χ2n) is 5.78. The van der Waals surface area contributed by atoms with Gasteiger partial charge in [-0.05, 0) is 29.8 Å². The molecule has 0 N–H and O–H groups in total. The molecule has 2 aromatic carbocycles. The maximum Gasteiger partial charge on any atom is 0.416 e. The molecule has 7 heteroatoms. The van der Waals surface area contributed by atoms with Gasteiger partial charge in [-0.1, -0.05) is 41.4 Å². The van der Waals surface area contributed by atoms with E-state index in [0.29, 0.717) is 10.6 Å². The van der Waals surface area contributed by atoms with Gasteiger partial charge < -0.3 is 4.57 Å².